The van der Waals surface area contributed by atoms with Crippen LogP contribution in [-0.4, -0.2) is 14.7 Å². The van der Waals surface area contributed by atoms with Crippen LogP contribution in [0.1, 0.15) is 0 Å². The quantitative estimate of drug-likeness (QED) is 0.605. The van der Waals surface area contributed by atoms with Crippen molar-refractivity contribution in [1.29, 1.82) is 0 Å². The van der Waals surface area contributed by atoms with E-state index in [0.717, 1.165) is 11.0 Å². The number of hydrogen-bond donors (Lipinski definition) is 2. The van der Waals surface area contributed by atoms with Crippen molar-refractivity contribution < 1.29 is 5.11 Å². The molecule has 0 aliphatic rings. The molecule has 0 amide bonds. The fraction of sp³-hybridized carbons (Fsp3) is 0.125. The van der Waals surface area contributed by atoms with Gasteiger partial charge >= 0.3 is 0 Å². The van der Waals surface area contributed by atoms with E-state index in [4.69, 9.17) is 10.8 Å². The van der Waals surface area contributed by atoms with Gasteiger partial charge in [0.25, 0.3) is 0 Å². The molecule has 0 bridgehead atoms. The van der Waals surface area contributed by atoms with E-state index in [1.54, 1.807) is 22.8 Å². The minimum atomic E-state index is 0.209. The van der Waals surface area contributed by atoms with Crippen LogP contribution >= 0.6 is 0 Å². The molecule has 2 rings (SSSR count). The van der Waals surface area contributed by atoms with Gasteiger partial charge in [-0.1, -0.05) is 0 Å². The Bertz CT molecular complexity index is 433. The van der Waals surface area contributed by atoms with Gasteiger partial charge < -0.3 is 15.4 Å². The van der Waals surface area contributed by atoms with Gasteiger partial charge in [-0.15, -0.1) is 0 Å². The lowest BCUT2D eigenvalue weighted by atomic mass is 10.3. The number of aromatic hydroxyl groups is 1. The number of benzene rings is 1. The Hall–Kier alpha value is -1.71. The Balaban J connectivity index is 2.87. The second-order valence-electron chi connectivity index (χ2n) is 2.70. The average molecular weight is 163 g/mol. The molecule has 0 spiro atoms. The van der Waals surface area contributed by atoms with E-state index >= 15 is 0 Å². The van der Waals surface area contributed by atoms with Gasteiger partial charge in [0.1, 0.15) is 5.75 Å². The molecule has 0 fully saturated rings. The first-order valence-electron chi connectivity index (χ1n) is 3.59. The van der Waals surface area contributed by atoms with Crippen LogP contribution in [0.15, 0.2) is 18.2 Å². The van der Waals surface area contributed by atoms with E-state index in [9.17, 15) is 0 Å². The van der Waals surface area contributed by atoms with Crippen molar-refractivity contribution in [1.82, 2.24) is 9.55 Å². The lowest BCUT2D eigenvalue weighted by molar-refractivity contribution is 0.476. The summed E-state index contributed by atoms with van der Waals surface area (Å²) in [6.45, 7) is 0. The van der Waals surface area contributed by atoms with Crippen LogP contribution < -0.4 is 5.73 Å². The number of nitrogen functional groups attached to an aromatic ring is 1. The van der Waals surface area contributed by atoms with Crippen LogP contribution in [0, 0.1) is 0 Å². The second kappa shape index (κ2) is 2.14. The van der Waals surface area contributed by atoms with Gasteiger partial charge in [-0.05, 0) is 12.1 Å². The highest BCUT2D eigenvalue weighted by molar-refractivity contribution is 5.79. The molecule has 0 unspecified atom stereocenters. The zero-order chi connectivity index (χ0) is 8.72. The zero-order valence-electron chi connectivity index (χ0n) is 6.65. The number of phenolic OH excluding ortho intramolecular Hbond substituents is 1. The smallest absolute Gasteiger partial charge is 0.200 e. The molecule has 2 aromatic rings. The lowest BCUT2D eigenvalue weighted by Crippen LogP contribution is -1.95. The molecule has 0 radical (unpaired) electrons. The summed E-state index contributed by atoms with van der Waals surface area (Å²) in [6.07, 6.45) is 0. The van der Waals surface area contributed by atoms with E-state index in [0.29, 0.717) is 5.95 Å². The predicted molar refractivity (Wildman–Crippen MR) is 46.8 cm³/mol. The normalized spacial score (nSPS) is 10.8. The molecule has 1 aromatic heterocycles. The van der Waals surface area contributed by atoms with Crippen molar-refractivity contribution >= 4 is 17.0 Å². The van der Waals surface area contributed by atoms with Crippen LogP contribution in [0.25, 0.3) is 11.0 Å². The van der Waals surface area contributed by atoms with Crippen LogP contribution in [0.2, 0.25) is 0 Å². The molecule has 0 aliphatic heterocycles. The summed E-state index contributed by atoms with van der Waals surface area (Å²) in [7, 11) is 1.84. The molecule has 0 saturated heterocycles. The highest BCUT2D eigenvalue weighted by atomic mass is 16.3. The topological polar surface area (TPSA) is 64.1 Å². The molecule has 0 atom stereocenters. The van der Waals surface area contributed by atoms with Gasteiger partial charge in [0.05, 0.1) is 11.0 Å². The molecule has 1 aromatic carbocycles. The van der Waals surface area contributed by atoms with Crippen LogP contribution in [-0.2, 0) is 7.05 Å². The number of nitrogens with two attached hydrogens (primary N) is 1. The predicted octanol–water partition coefficient (Wildman–Crippen LogP) is 0.861. The van der Waals surface area contributed by atoms with Gasteiger partial charge in [-0.2, -0.15) is 0 Å². The summed E-state index contributed by atoms with van der Waals surface area (Å²) in [6, 6.07) is 4.99. The standard InChI is InChI=1S/C8H9N3O/c1-11-7-3-2-5(12)4-6(7)10-8(11)9/h2-4,12H,1H3,(H2,9,10). The Morgan fingerprint density at radius 3 is 3.00 bits per heavy atom. The Kier molecular flexibility index (Phi) is 1.24. The minimum absolute atomic E-state index is 0.209. The number of anilines is 1. The van der Waals surface area contributed by atoms with Gasteiger partial charge in [0.2, 0.25) is 5.95 Å². The fourth-order valence-electron chi connectivity index (χ4n) is 1.21. The summed E-state index contributed by atoms with van der Waals surface area (Å²) >= 11 is 0. The van der Waals surface area contributed by atoms with E-state index in [2.05, 4.69) is 4.98 Å². The number of aryl methyl sites for hydroxylation is 1. The summed E-state index contributed by atoms with van der Waals surface area (Å²) in [5, 5.41) is 9.14. The SMILES string of the molecule is Cn1c(N)nc2cc(O)ccc21. The van der Waals surface area contributed by atoms with E-state index in [-0.39, 0.29) is 5.75 Å². The molecule has 12 heavy (non-hydrogen) atoms. The largest absolute Gasteiger partial charge is 0.508 e. The first kappa shape index (κ1) is 6.97. The van der Waals surface area contributed by atoms with E-state index < -0.39 is 0 Å². The molecule has 3 N–H and O–H groups in total. The molecule has 1 heterocycles. The van der Waals surface area contributed by atoms with Gasteiger partial charge in [-0.25, -0.2) is 4.98 Å². The Labute approximate surface area is 69.3 Å². The van der Waals surface area contributed by atoms with E-state index in [1.165, 1.54) is 0 Å². The number of phenols is 1. The van der Waals surface area contributed by atoms with Crippen LogP contribution in [0.5, 0.6) is 5.75 Å². The summed E-state index contributed by atoms with van der Waals surface area (Å²) in [5.41, 5.74) is 7.21. The first-order valence-corrected chi connectivity index (χ1v) is 3.59. The van der Waals surface area contributed by atoms with Crippen molar-refractivity contribution in [3.63, 3.8) is 0 Å². The third-order valence-electron chi connectivity index (χ3n) is 1.90. The highest BCUT2D eigenvalue weighted by Crippen LogP contribution is 2.20. The van der Waals surface area contributed by atoms with Crippen LogP contribution in [0.3, 0.4) is 0 Å². The van der Waals surface area contributed by atoms with Gasteiger partial charge in [0, 0.05) is 13.1 Å². The molecule has 4 heteroatoms. The second-order valence-corrected chi connectivity index (χ2v) is 2.70. The van der Waals surface area contributed by atoms with E-state index in [1.807, 2.05) is 7.05 Å². The number of rotatable bonds is 0. The van der Waals surface area contributed by atoms with Gasteiger partial charge in [-0.3, -0.25) is 0 Å². The number of fused-ring (bicyclic) bond motifs is 1. The van der Waals surface area contributed by atoms with Crippen molar-refractivity contribution in [2.24, 2.45) is 7.05 Å². The number of imidazole rings is 1. The summed E-state index contributed by atoms with van der Waals surface area (Å²) in [5.74, 6) is 0.663. The highest BCUT2D eigenvalue weighted by Gasteiger charge is 2.03. The number of aromatic nitrogens is 2. The maximum Gasteiger partial charge on any atom is 0.200 e. The van der Waals surface area contributed by atoms with Crippen molar-refractivity contribution in [3.05, 3.63) is 18.2 Å². The summed E-state index contributed by atoms with van der Waals surface area (Å²) < 4.78 is 1.77. The maximum absolute atomic E-state index is 9.14. The minimum Gasteiger partial charge on any atom is -0.508 e. The third kappa shape index (κ3) is 0.812. The van der Waals surface area contributed by atoms with Crippen molar-refractivity contribution in [2.75, 3.05) is 5.73 Å². The van der Waals surface area contributed by atoms with Crippen LogP contribution in [0.4, 0.5) is 5.95 Å². The molecular weight excluding hydrogens is 154 g/mol. The maximum atomic E-state index is 9.14. The third-order valence-corrected chi connectivity index (χ3v) is 1.90. The molecule has 0 aliphatic carbocycles. The fourth-order valence-corrected chi connectivity index (χ4v) is 1.21. The zero-order valence-corrected chi connectivity index (χ0v) is 6.65. The Morgan fingerprint density at radius 2 is 2.25 bits per heavy atom. The lowest BCUT2D eigenvalue weighted by Gasteiger charge is -1.95. The molecule has 0 saturated carbocycles. The number of hydrogen-bond acceptors (Lipinski definition) is 3. The van der Waals surface area contributed by atoms with Crippen molar-refractivity contribution in [2.45, 2.75) is 0 Å². The van der Waals surface area contributed by atoms with Crippen molar-refractivity contribution in [3.8, 4) is 5.75 Å². The first-order chi connectivity index (χ1) is 5.68. The monoisotopic (exact) mass is 163 g/mol. The van der Waals surface area contributed by atoms with Gasteiger partial charge in [0.15, 0.2) is 0 Å². The summed E-state index contributed by atoms with van der Waals surface area (Å²) in [4.78, 5) is 4.05. The molecule has 62 valence electrons. The molecule has 4 nitrogen and oxygen atoms in total. The Morgan fingerprint density at radius 1 is 1.50 bits per heavy atom. The molecular formula is C8H9N3O. The number of nitrogens with zero attached hydrogens (tertiary/aromatic N) is 2. The average Bonchev–Trinajstić information content (AvgIpc) is 2.28.